The number of carbonyl (C=O) groups is 1. The topological polar surface area (TPSA) is 66.0 Å². The molecule has 0 aliphatic rings. The van der Waals surface area contributed by atoms with E-state index in [4.69, 9.17) is 18.9 Å². The molecule has 0 aliphatic heterocycles. The van der Waals surface area contributed by atoms with Crippen LogP contribution in [0.2, 0.25) is 0 Å². The van der Waals surface area contributed by atoms with E-state index in [1.54, 1.807) is 25.3 Å². The van der Waals surface area contributed by atoms with Crippen molar-refractivity contribution in [2.75, 3.05) is 27.9 Å². The summed E-state index contributed by atoms with van der Waals surface area (Å²) in [6, 6.07) is 12.3. The van der Waals surface area contributed by atoms with Crippen molar-refractivity contribution in [2.24, 2.45) is 0 Å². The number of hydrogen-bond donors (Lipinski definition) is 1. The molecular weight excluding hydrogens is 322 g/mol. The Morgan fingerprint density at radius 1 is 0.960 bits per heavy atom. The first-order valence-electron chi connectivity index (χ1n) is 7.87. The van der Waals surface area contributed by atoms with Crippen LogP contribution in [0, 0.1) is 0 Å². The van der Waals surface area contributed by atoms with Gasteiger partial charge in [0.05, 0.1) is 32.9 Å². The molecule has 0 saturated heterocycles. The number of ether oxygens (including phenoxy) is 4. The van der Waals surface area contributed by atoms with E-state index in [1.807, 2.05) is 31.2 Å². The van der Waals surface area contributed by atoms with Gasteiger partial charge in [0.2, 0.25) is 0 Å². The number of carbonyl (C=O) groups excluding carboxylic acids is 1. The van der Waals surface area contributed by atoms with Gasteiger partial charge in [-0.1, -0.05) is 6.07 Å². The standard InChI is InChI=1S/C19H23NO5/c1-13(12-25-15-10-8-14(22-2)9-11-15)20-19(21)16-6-5-7-17(23-3)18(16)24-4/h5-11,13H,12H2,1-4H3,(H,20,21). The summed E-state index contributed by atoms with van der Waals surface area (Å²) in [7, 11) is 4.65. The Morgan fingerprint density at radius 3 is 2.24 bits per heavy atom. The SMILES string of the molecule is COc1ccc(OCC(C)NC(=O)c2cccc(OC)c2OC)cc1. The molecule has 0 aromatic heterocycles. The van der Waals surface area contributed by atoms with Crippen LogP contribution in [0.25, 0.3) is 0 Å². The Bertz CT molecular complexity index is 699. The molecule has 0 saturated carbocycles. The zero-order chi connectivity index (χ0) is 18.2. The molecule has 2 aromatic carbocycles. The molecule has 1 unspecified atom stereocenters. The molecule has 1 amide bonds. The lowest BCUT2D eigenvalue weighted by atomic mass is 10.1. The minimum absolute atomic E-state index is 0.189. The van der Waals surface area contributed by atoms with Crippen molar-refractivity contribution >= 4 is 5.91 Å². The van der Waals surface area contributed by atoms with E-state index in [0.29, 0.717) is 29.4 Å². The van der Waals surface area contributed by atoms with E-state index in [2.05, 4.69) is 5.32 Å². The molecule has 2 aromatic rings. The molecule has 25 heavy (non-hydrogen) atoms. The maximum atomic E-state index is 12.5. The summed E-state index contributed by atoms with van der Waals surface area (Å²) in [5.41, 5.74) is 0.415. The van der Waals surface area contributed by atoms with Crippen LogP contribution in [0.3, 0.4) is 0 Å². The predicted molar refractivity (Wildman–Crippen MR) is 95.0 cm³/mol. The fourth-order valence-corrected chi connectivity index (χ4v) is 2.30. The van der Waals surface area contributed by atoms with Crippen LogP contribution in [0.4, 0.5) is 0 Å². The third-order valence-corrected chi connectivity index (χ3v) is 3.58. The fraction of sp³-hybridized carbons (Fsp3) is 0.316. The molecule has 134 valence electrons. The second kappa shape index (κ2) is 8.82. The van der Waals surface area contributed by atoms with Crippen LogP contribution in [0.1, 0.15) is 17.3 Å². The fourth-order valence-electron chi connectivity index (χ4n) is 2.30. The van der Waals surface area contributed by atoms with Crippen LogP contribution in [-0.2, 0) is 0 Å². The Hall–Kier alpha value is -2.89. The van der Waals surface area contributed by atoms with Crippen molar-refractivity contribution in [2.45, 2.75) is 13.0 Å². The highest BCUT2D eigenvalue weighted by Gasteiger charge is 2.18. The first-order chi connectivity index (χ1) is 12.1. The van der Waals surface area contributed by atoms with Crippen molar-refractivity contribution < 1.29 is 23.7 Å². The smallest absolute Gasteiger partial charge is 0.255 e. The molecule has 0 spiro atoms. The van der Waals surface area contributed by atoms with Crippen molar-refractivity contribution in [3.05, 3.63) is 48.0 Å². The van der Waals surface area contributed by atoms with Gasteiger partial charge < -0.3 is 24.3 Å². The van der Waals surface area contributed by atoms with Crippen molar-refractivity contribution in [1.82, 2.24) is 5.32 Å². The zero-order valence-electron chi connectivity index (χ0n) is 14.9. The third kappa shape index (κ3) is 4.79. The molecule has 6 heteroatoms. The van der Waals surface area contributed by atoms with Gasteiger partial charge in [0.1, 0.15) is 18.1 Å². The molecule has 0 heterocycles. The van der Waals surface area contributed by atoms with Gasteiger partial charge in [0.25, 0.3) is 5.91 Å². The molecule has 6 nitrogen and oxygen atoms in total. The number of hydrogen-bond acceptors (Lipinski definition) is 5. The van der Waals surface area contributed by atoms with E-state index < -0.39 is 0 Å². The van der Waals surface area contributed by atoms with Crippen molar-refractivity contribution in [1.29, 1.82) is 0 Å². The Morgan fingerprint density at radius 2 is 1.64 bits per heavy atom. The number of benzene rings is 2. The predicted octanol–water partition coefficient (Wildman–Crippen LogP) is 2.91. The number of rotatable bonds is 8. The van der Waals surface area contributed by atoms with E-state index in [1.165, 1.54) is 14.2 Å². The Kier molecular flexibility index (Phi) is 6.51. The molecule has 0 radical (unpaired) electrons. The van der Waals surface area contributed by atoms with E-state index in [-0.39, 0.29) is 11.9 Å². The second-order valence-electron chi connectivity index (χ2n) is 5.40. The molecule has 0 aliphatic carbocycles. The summed E-state index contributed by atoms with van der Waals surface area (Å²) in [5, 5.41) is 2.89. The molecule has 1 atom stereocenters. The highest BCUT2D eigenvalue weighted by Crippen LogP contribution is 2.30. The summed E-state index contributed by atoms with van der Waals surface area (Å²) in [6.45, 7) is 2.21. The molecule has 1 N–H and O–H groups in total. The highest BCUT2D eigenvalue weighted by molar-refractivity contribution is 5.98. The van der Waals surface area contributed by atoms with Crippen LogP contribution in [-0.4, -0.2) is 39.9 Å². The number of amides is 1. The first-order valence-corrected chi connectivity index (χ1v) is 7.87. The number of nitrogens with one attached hydrogen (secondary N) is 1. The van der Waals surface area contributed by atoms with Crippen LogP contribution in [0.15, 0.2) is 42.5 Å². The molecule has 0 bridgehead atoms. The van der Waals surface area contributed by atoms with E-state index in [9.17, 15) is 4.79 Å². The van der Waals surface area contributed by atoms with Gasteiger partial charge in [-0.2, -0.15) is 0 Å². The lowest BCUT2D eigenvalue weighted by Crippen LogP contribution is -2.37. The lowest BCUT2D eigenvalue weighted by Gasteiger charge is -2.17. The summed E-state index contributed by atoms with van der Waals surface area (Å²) >= 11 is 0. The molecule has 0 fully saturated rings. The largest absolute Gasteiger partial charge is 0.497 e. The van der Waals surface area contributed by atoms with Crippen molar-refractivity contribution in [3.63, 3.8) is 0 Å². The number of para-hydroxylation sites is 1. The Balaban J connectivity index is 1.95. The number of methoxy groups -OCH3 is 3. The maximum absolute atomic E-state index is 12.5. The van der Waals surface area contributed by atoms with Gasteiger partial charge in [-0.3, -0.25) is 4.79 Å². The van der Waals surface area contributed by atoms with Crippen LogP contribution in [0.5, 0.6) is 23.0 Å². The molecule has 2 rings (SSSR count). The summed E-state index contributed by atoms with van der Waals surface area (Å²) in [5.74, 6) is 2.14. The second-order valence-corrected chi connectivity index (χ2v) is 5.40. The summed E-state index contributed by atoms with van der Waals surface area (Å²) < 4.78 is 21.3. The minimum atomic E-state index is -0.249. The monoisotopic (exact) mass is 345 g/mol. The molecular formula is C19H23NO5. The zero-order valence-corrected chi connectivity index (χ0v) is 14.9. The van der Waals surface area contributed by atoms with E-state index >= 15 is 0 Å². The van der Waals surface area contributed by atoms with E-state index in [0.717, 1.165) is 5.75 Å². The third-order valence-electron chi connectivity index (χ3n) is 3.58. The maximum Gasteiger partial charge on any atom is 0.255 e. The highest BCUT2D eigenvalue weighted by atomic mass is 16.5. The Labute approximate surface area is 147 Å². The van der Waals surface area contributed by atoms with Gasteiger partial charge in [-0.15, -0.1) is 0 Å². The van der Waals surface area contributed by atoms with Gasteiger partial charge in [0.15, 0.2) is 11.5 Å². The van der Waals surface area contributed by atoms with Gasteiger partial charge in [-0.25, -0.2) is 0 Å². The quantitative estimate of drug-likeness (QED) is 0.797. The summed E-state index contributed by atoms with van der Waals surface area (Å²) in [4.78, 5) is 12.5. The average Bonchev–Trinajstić information content (AvgIpc) is 2.65. The van der Waals surface area contributed by atoms with Crippen molar-refractivity contribution in [3.8, 4) is 23.0 Å². The van der Waals surface area contributed by atoms with Gasteiger partial charge in [0, 0.05) is 0 Å². The van der Waals surface area contributed by atoms with Gasteiger partial charge in [-0.05, 0) is 43.3 Å². The normalized spacial score (nSPS) is 11.4. The van der Waals surface area contributed by atoms with Crippen LogP contribution >= 0.6 is 0 Å². The minimum Gasteiger partial charge on any atom is -0.497 e. The lowest BCUT2D eigenvalue weighted by molar-refractivity contribution is 0.0923. The van der Waals surface area contributed by atoms with Gasteiger partial charge >= 0.3 is 0 Å². The first kappa shape index (κ1) is 18.4. The summed E-state index contributed by atoms with van der Waals surface area (Å²) in [6.07, 6.45) is 0. The van der Waals surface area contributed by atoms with Crippen LogP contribution < -0.4 is 24.3 Å². The average molecular weight is 345 g/mol.